The Morgan fingerprint density at radius 3 is 2.48 bits per heavy atom. The van der Waals surface area contributed by atoms with Crippen LogP contribution in [0.15, 0.2) is 59.4 Å². The van der Waals surface area contributed by atoms with Gasteiger partial charge in [-0.05, 0) is 11.6 Å². The second-order valence-electron chi connectivity index (χ2n) is 6.67. The van der Waals surface area contributed by atoms with E-state index < -0.39 is 17.4 Å². The van der Waals surface area contributed by atoms with Gasteiger partial charge in [-0.1, -0.05) is 59.9 Å². The quantitative estimate of drug-likeness (QED) is 0.508. The molecule has 0 radical (unpaired) electrons. The zero-order valence-electron chi connectivity index (χ0n) is 15.3. The lowest BCUT2D eigenvalue weighted by molar-refractivity contribution is -0.122. The lowest BCUT2D eigenvalue weighted by Gasteiger charge is -2.11. The monoisotopic (exact) mass is 402 g/mol. The van der Waals surface area contributed by atoms with E-state index in [1.165, 1.54) is 11.4 Å². The molecule has 29 heavy (non-hydrogen) atoms. The van der Waals surface area contributed by atoms with Gasteiger partial charge in [-0.3, -0.25) is 14.4 Å². The molecule has 5 rings (SSSR count). The minimum Gasteiger partial charge on any atom is -0.274 e. The summed E-state index contributed by atoms with van der Waals surface area (Å²) in [6.07, 6.45) is 0.514. The van der Waals surface area contributed by atoms with E-state index in [4.69, 9.17) is 0 Å². The summed E-state index contributed by atoms with van der Waals surface area (Å²) in [6, 6.07) is 16.7. The zero-order chi connectivity index (χ0) is 20.1. The topological polar surface area (TPSA) is 84.6 Å². The van der Waals surface area contributed by atoms with Crippen molar-refractivity contribution in [1.29, 1.82) is 0 Å². The molecule has 0 spiro atoms. The molecule has 1 aliphatic rings. The van der Waals surface area contributed by atoms with Gasteiger partial charge < -0.3 is 0 Å². The Morgan fingerprint density at radius 1 is 1.03 bits per heavy atom. The van der Waals surface area contributed by atoms with Crippen molar-refractivity contribution in [2.45, 2.75) is 13.3 Å². The van der Waals surface area contributed by atoms with Crippen LogP contribution in [0.5, 0.6) is 0 Å². The number of carbonyl (C=O) groups is 2. The van der Waals surface area contributed by atoms with Gasteiger partial charge in [0.1, 0.15) is 4.53 Å². The van der Waals surface area contributed by atoms with Crippen LogP contribution in [0.25, 0.3) is 10.5 Å². The van der Waals surface area contributed by atoms with Gasteiger partial charge in [0.25, 0.3) is 11.5 Å². The lowest BCUT2D eigenvalue weighted by atomic mass is 10.1. The highest BCUT2D eigenvalue weighted by molar-refractivity contribution is 7.15. The van der Waals surface area contributed by atoms with Crippen LogP contribution in [-0.4, -0.2) is 26.4 Å². The van der Waals surface area contributed by atoms with Crippen molar-refractivity contribution in [2.75, 3.05) is 4.90 Å². The number of hydrogen-bond acceptors (Lipinski definition) is 6. The van der Waals surface area contributed by atoms with Gasteiger partial charge in [-0.2, -0.15) is 4.52 Å². The molecule has 0 bridgehead atoms. The highest BCUT2D eigenvalue weighted by Crippen LogP contribution is 2.35. The van der Waals surface area contributed by atoms with E-state index >= 15 is 0 Å². The number of rotatable bonds is 2. The van der Waals surface area contributed by atoms with E-state index in [2.05, 4.69) is 10.1 Å². The Balaban J connectivity index is 1.68. The van der Waals surface area contributed by atoms with E-state index in [9.17, 15) is 14.4 Å². The SMILES string of the molecule is CC(=O)N1C(=O)/C(=c2\sc3nc(Cc4ccccc4)nn3c2=O)c2ccccc21. The molecule has 2 aromatic heterocycles. The van der Waals surface area contributed by atoms with E-state index in [0.29, 0.717) is 28.5 Å². The molecular weight excluding hydrogens is 388 g/mol. The fourth-order valence-corrected chi connectivity index (χ4v) is 4.54. The fraction of sp³-hybridized carbons (Fsp3) is 0.0952. The van der Waals surface area contributed by atoms with Crippen molar-refractivity contribution >= 4 is 39.4 Å². The number of amides is 2. The highest BCUT2D eigenvalue weighted by Gasteiger charge is 2.36. The maximum atomic E-state index is 13.0. The van der Waals surface area contributed by atoms with Gasteiger partial charge in [0.2, 0.25) is 10.9 Å². The van der Waals surface area contributed by atoms with Crippen molar-refractivity contribution in [3.8, 4) is 0 Å². The molecule has 0 atom stereocenters. The van der Waals surface area contributed by atoms with Crippen LogP contribution in [0.4, 0.5) is 5.69 Å². The van der Waals surface area contributed by atoms with Crippen molar-refractivity contribution in [3.63, 3.8) is 0 Å². The first-order valence-electron chi connectivity index (χ1n) is 8.95. The molecule has 0 aliphatic carbocycles. The number of imide groups is 1. The predicted molar refractivity (Wildman–Crippen MR) is 109 cm³/mol. The normalized spacial score (nSPS) is 15.2. The maximum absolute atomic E-state index is 13.0. The van der Waals surface area contributed by atoms with Crippen molar-refractivity contribution in [3.05, 3.63) is 86.4 Å². The van der Waals surface area contributed by atoms with Crippen LogP contribution >= 0.6 is 11.3 Å². The molecule has 0 fully saturated rings. The first-order chi connectivity index (χ1) is 14.0. The molecule has 2 amide bonds. The molecule has 1 aliphatic heterocycles. The first kappa shape index (κ1) is 17.4. The number of anilines is 1. The van der Waals surface area contributed by atoms with Crippen LogP contribution in [0.2, 0.25) is 0 Å². The van der Waals surface area contributed by atoms with E-state index in [1.54, 1.807) is 24.3 Å². The molecule has 0 N–H and O–H groups in total. The number of nitrogens with zero attached hydrogens (tertiary/aromatic N) is 4. The van der Waals surface area contributed by atoms with Gasteiger partial charge in [-0.15, -0.1) is 5.10 Å². The third kappa shape index (κ3) is 2.68. The Labute approximate surface area is 168 Å². The van der Waals surface area contributed by atoms with E-state index in [0.717, 1.165) is 21.8 Å². The summed E-state index contributed by atoms with van der Waals surface area (Å²) in [5.74, 6) is -0.348. The summed E-state index contributed by atoms with van der Waals surface area (Å²) in [6.45, 7) is 1.33. The van der Waals surface area contributed by atoms with Crippen LogP contribution in [-0.2, 0) is 16.0 Å². The van der Waals surface area contributed by atoms with Crippen molar-refractivity contribution in [1.82, 2.24) is 14.6 Å². The Bertz CT molecular complexity index is 1400. The number of thiazole rings is 1. The predicted octanol–water partition coefficient (Wildman–Crippen LogP) is 1.55. The Kier molecular flexibility index (Phi) is 3.88. The summed E-state index contributed by atoms with van der Waals surface area (Å²) >= 11 is 1.11. The minimum atomic E-state index is -0.496. The summed E-state index contributed by atoms with van der Waals surface area (Å²) in [4.78, 5) is 44.0. The number of aromatic nitrogens is 3. The maximum Gasteiger partial charge on any atom is 0.291 e. The van der Waals surface area contributed by atoms with E-state index in [-0.39, 0.29) is 10.1 Å². The molecular formula is C21H14N4O3S. The second kappa shape index (κ2) is 6.46. The fourth-order valence-electron chi connectivity index (χ4n) is 3.53. The van der Waals surface area contributed by atoms with Gasteiger partial charge in [-0.25, -0.2) is 9.88 Å². The van der Waals surface area contributed by atoms with Gasteiger partial charge in [0.15, 0.2) is 5.82 Å². The number of hydrogen-bond donors (Lipinski definition) is 0. The van der Waals surface area contributed by atoms with Crippen LogP contribution in [0.3, 0.4) is 0 Å². The second-order valence-corrected chi connectivity index (χ2v) is 7.65. The molecule has 7 nitrogen and oxygen atoms in total. The molecule has 4 aromatic rings. The first-order valence-corrected chi connectivity index (χ1v) is 9.77. The molecule has 142 valence electrons. The molecule has 0 unspecified atom stereocenters. The lowest BCUT2D eigenvalue weighted by Crippen LogP contribution is -2.35. The smallest absolute Gasteiger partial charge is 0.274 e. The van der Waals surface area contributed by atoms with Gasteiger partial charge >= 0.3 is 0 Å². The van der Waals surface area contributed by atoms with Crippen molar-refractivity contribution in [2.24, 2.45) is 0 Å². The number of benzene rings is 2. The molecule has 3 heterocycles. The van der Waals surface area contributed by atoms with Crippen LogP contribution < -0.4 is 15.0 Å². The third-order valence-electron chi connectivity index (χ3n) is 4.78. The standard InChI is InChI=1S/C21H14N4O3S/c1-12(26)24-15-10-6-5-9-14(15)17(19(24)27)18-20(28)25-21(29-18)22-16(23-25)11-13-7-3-2-4-8-13/h2-10H,11H2,1H3/b18-17-. The molecule has 0 saturated carbocycles. The summed E-state index contributed by atoms with van der Waals surface area (Å²) in [7, 11) is 0. The zero-order valence-corrected chi connectivity index (χ0v) is 16.1. The summed E-state index contributed by atoms with van der Waals surface area (Å²) < 4.78 is 1.48. The summed E-state index contributed by atoms with van der Waals surface area (Å²) in [5.41, 5.74) is 1.93. The van der Waals surface area contributed by atoms with Gasteiger partial charge in [0.05, 0.1) is 11.3 Å². The highest BCUT2D eigenvalue weighted by atomic mass is 32.1. The van der Waals surface area contributed by atoms with Crippen molar-refractivity contribution < 1.29 is 9.59 Å². The molecule has 0 saturated heterocycles. The molecule has 2 aromatic carbocycles. The van der Waals surface area contributed by atoms with Crippen LogP contribution in [0, 0.1) is 0 Å². The Hall–Kier alpha value is -3.65. The minimum absolute atomic E-state index is 0.225. The number of fused-ring (bicyclic) bond motifs is 2. The average Bonchev–Trinajstić information content (AvgIpc) is 3.32. The van der Waals surface area contributed by atoms with Crippen LogP contribution in [0.1, 0.15) is 23.9 Å². The van der Waals surface area contributed by atoms with Gasteiger partial charge in [0, 0.05) is 18.9 Å². The third-order valence-corrected chi connectivity index (χ3v) is 5.81. The Morgan fingerprint density at radius 2 is 1.76 bits per heavy atom. The number of carbonyl (C=O) groups excluding carboxylic acids is 2. The summed E-state index contributed by atoms with van der Waals surface area (Å²) in [5, 5.41) is 4.33. The average molecular weight is 402 g/mol. The van der Waals surface area contributed by atoms with E-state index in [1.807, 2.05) is 30.3 Å². The molecule has 8 heteroatoms. The largest absolute Gasteiger partial charge is 0.291 e. The number of para-hydroxylation sites is 1.